The van der Waals surface area contributed by atoms with Crippen molar-refractivity contribution in [2.75, 3.05) is 0 Å². The molecule has 0 radical (unpaired) electrons. The average Bonchev–Trinajstić information content (AvgIpc) is 3.08. The Hall–Kier alpha value is -4.39. The van der Waals surface area contributed by atoms with Gasteiger partial charge in [-0.25, -0.2) is 26.0 Å². The first kappa shape index (κ1) is 39.4. The molecule has 254 valence electrons. The molecule has 0 heterocycles. The number of aryl methyl sites for hydroxylation is 1. The topological polar surface area (TPSA) is 84.9 Å². The van der Waals surface area contributed by atoms with Crippen molar-refractivity contribution >= 4 is 10.1 Å². The van der Waals surface area contributed by atoms with Crippen LogP contribution in [0.1, 0.15) is 16.7 Å². The first-order chi connectivity index (χ1) is 23.5. The number of ether oxygens (including phenoxy) is 3. The van der Waals surface area contributed by atoms with Gasteiger partial charge in [-0.1, -0.05) is 17.9 Å². The first-order valence-electron chi connectivity index (χ1n) is 13.6. The van der Waals surface area contributed by atoms with E-state index >= 15 is 26.3 Å². The SMILES string of the molecule is C#Cc1cc(C)cc(Oc2ccc(Oc3c(F)c(F)c(-c4c(F)c(F)c(Oc5cccc(C#C)c5)c(F)c4F)c(F)c3F)c(S(=O)(=O)[O-])c2)c1.[K+]. The van der Waals surface area contributed by atoms with E-state index in [4.69, 9.17) is 27.1 Å². The number of hydrogen-bond donors (Lipinski definition) is 0. The molecule has 0 amide bonds. The van der Waals surface area contributed by atoms with Gasteiger partial charge in [-0.15, -0.1) is 12.8 Å². The summed E-state index contributed by atoms with van der Waals surface area (Å²) in [6.45, 7) is 1.66. The number of hydrogen-bond acceptors (Lipinski definition) is 6. The third-order valence-corrected chi connectivity index (χ3v) is 7.62. The second-order valence-corrected chi connectivity index (χ2v) is 11.5. The minimum absolute atomic E-state index is 0. The summed E-state index contributed by atoms with van der Waals surface area (Å²) in [5.74, 6) is -21.1. The predicted octanol–water partition coefficient (Wildman–Crippen LogP) is 6.02. The maximum atomic E-state index is 15.3. The molecule has 5 aromatic rings. The van der Waals surface area contributed by atoms with Gasteiger partial charge in [0, 0.05) is 17.2 Å². The van der Waals surface area contributed by atoms with Crippen LogP contribution < -0.4 is 65.6 Å². The van der Waals surface area contributed by atoms with Gasteiger partial charge in [-0.2, -0.15) is 17.6 Å². The maximum Gasteiger partial charge on any atom is 1.00 e. The number of terminal acetylenes is 2. The second-order valence-electron chi connectivity index (χ2n) is 10.1. The van der Waals surface area contributed by atoms with Gasteiger partial charge in [0.25, 0.3) is 0 Å². The minimum Gasteiger partial charge on any atom is -0.744 e. The molecule has 0 atom stereocenters. The van der Waals surface area contributed by atoms with Crippen LogP contribution in [0, 0.1) is 78.1 Å². The molecule has 5 aromatic carbocycles. The fourth-order valence-electron chi connectivity index (χ4n) is 4.58. The van der Waals surface area contributed by atoms with E-state index < -0.39 is 95.7 Å². The molecule has 51 heavy (non-hydrogen) atoms. The van der Waals surface area contributed by atoms with Crippen molar-refractivity contribution in [3.05, 3.63) is 124 Å². The molecule has 16 heteroatoms. The van der Waals surface area contributed by atoms with Crippen LogP contribution in [0.3, 0.4) is 0 Å². The molecular formula is C35H15F8KO6S. The summed E-state index contributed by atoms with van der Waals surface area (Å²) in [6, 6.07) is 11.4. The van der Waals surface area contributed by atoms with E-state index in [1.54, 1.807) is 13.0 Å². The smallest absolute Gasteiger partial charge is 0.744 e. The summed E-state index contributed by atoms with van der Waals surface area (Å²) in [5, 5.41) is 0. The van der Waals surface area contributed by atoms with E-state index in [0.717, 1.165) is 18.2 Å². The largest absolute Gasteiger partial charge is 1.00 e. The van der Waals surface area contributed by atoms with Crippen LogP contribution >= 0.6 is 0 Å². The summed E-state index contributed by atoms with van der Waals surface area (Å²) < 4.78 is 172. The molecule has 0 N–H and O–H groups in total. The quantitative estimate of drug-likeness (QED) is 0.0634. The fourth-order valence-corrected chi connectivity index (χ4v) is 5.19. The van der Waals surface area contributed by atoms with Crippen LogP contribution in [-0.4, -0.2) is 13.0 Å². The molecule has 0 aromatic heterocycles. The molecule has 0 fully saturated rings. The monoisotopic (exact) mass is 754 g/mol. The molecular weight excluding hydrogens is 740 g/mol. The van der Waals surface area contributed by atoms with Gasteiger partial charge in [-0.3, -0.25) is 0 Å². The zero-order chi connectivity index (χ0) is 36.7. The molecule has 6 nitrogen and oxygen atoms in total. The van der Waals surface area contributed by atoms with Gasteiger partial charge in [0.1, 0.15) is 38.0 Å². The van der Waals surface area contributed by atoms with Crippen molar-refractivity contribution in [2.45, 2.75) is 11.8 Å². The summed E-state index contributed by atoms with van der Waals surface area (Å²) >= 11 is 0. The predicted molar refractivity (Wildman–Crippen MR) is 160 cm³/mol. The Morgan fingerprint density at radius 2 is 1.08 bits per heavy atom. The Morgan fingerprint density at radius 1 is 0.588 bits per heavy atom. The summed E-state index contributed by atoms with van der Waals surface area (Å²) in [4.78, 5) is -1.33. The van der Waals surface area contributed by atoms with Gasteiger partial charge < -0.3 is 18.8 Å². The third-order valence-electron chi connectivity index (χ3n) is 6.77. The van der Waals surface area contributed by atoms with Crippen molar-refractivity contribution < 1.29 is 114 Å². The standard InChI is InChI=1S/C35H16F8O6S.K/c1-4-17-7-6-8-19(13-17)48-34-30(40)26(36)24(27(37)31(34)41)25-28(38)32(42)35(33(43)29(25)39)49-22-10-9-20(15-23(22)50(44,45)46)47-21-12-16(3)11-18(5-2)14-21;/h1-2,6-15H,3H3,(H,44,45,46);/q;+1/p-1. The van der Waals surface area contributed by atoms with Crippen molar-refractivity contribution in [3.63, 3.8) is 0 Å². The number of halogens is 8. The van der Waals surface area contributed by atoms with Gasteiger partial charge in [-0.05, 0) is 61.0 Å². The Labute approximate surface area is 327 Å². The number of benzene rings is 5. The Balaban J connectivity index is 0.00000583. The second kappa shape index (κ2) is 15.5. The molecule has 0 aliphatic heterocycles. The van der Waals surface area contributed by atoms with Crippen LogP contribution in [0.25, 0.3) is 11.1 Å². The van der Waals surface area contributed by atoms with E-state index in [1.165, 1.54) is 24.3 Å². The fraction of sp³-hybridized carbons (Fsp3) is 0.0286. The van der Waals surface area contributed by atoms with E-state index in [-0.39, 0.29) is 68.4 Å². The Kier molecular flexibility index (Phi) is 11.9. The normalized spacial score (nSPS) is 10.9. The molecule has 0 aliphatic carbocycles. The Morgan fingerprint density at radius 3 is 1.59 bits per heavy atom. The van der Waals surface area contributed by atoms with Crippen LogP contribution in [0.2, 0.25) is 0 Å². The van der Waals surface area contributed by atoms with E-state index in [0.29, 0.717) is 23.3 Å². The molecule has 5 rings (SSSR count). The average molecular weight is 755 g/mol. The summed E-state index contributed by atoms with van der Waals surface area (Å²) in [5.41, 5.74) is -3.32. The summed E-state index contributed by atoms with van der Waals surface area (Å²) in [7, 11) is -5.56. The molecule has 0 unspecified atom stereocenters. The van der Waals surface area contributed by atoms with E-state index in [2.05, 4.69) is 11.8 Å². The first-order valence-corrected chi connectivity index (χ1v) is 15.0. The van der Waals surface area contributed by atoms with E-state index in [9.17, 15) is 21.8 Å². The molecule has 0 aliphatic rings. The zero-order valence-electron chi connectivity index (χ0n) is 25.8. The minimum atomic E-state index is -5.56. The van der Waals surface area contributed by atoms with Crippen molar-refractivity contribution in [3.8, 4) is 70.3 Å². The van der Waals surface area contributed by atoms with Gasteiger partial charge in [0.15, 0.2) is 23.3 Å². The van der Waals surface area contributed by atoms with Gasteiger partial charge in [0.2, 0.25) is 34.8 Å². The van der Waals surface area contributed by atoms with Crippen LogP contribution in [0.5, 0.6) is 34.5 Å². The zero-order valence-corrected chi connectivity index (χ0v) is 29.7. The Bertz CT molecular complexity index is 2370. The molecule has 0 saturated carbocycles. The summed E-state index contributed by atoms with van der Waals surface area (Å²) in [6.07, 6.45) is 10.6. The molecule has 0 bridgehead atoms. The molecule has 0 spiro atoms. The van der Waals surface area contributed by atoms with Crippen LogP contribution in [0.4, 0.5) is 35.1 Å². The van der Waals surface area contributed by atoms with Crippen molar-refractivity contribution in [1.82, 2.24) is 0 Å². The van der Waals surface area contributed by atoms with Crippen LogP contribution in [-0.2, 0) is 10.1 Å². The van der Waals surface area contributed by atoms with Crippen molar-refractivity contribution in [2.24, 2.45) is 0 Å². The van der Waals surface area contributed by atoms with E-state index in [1.807, 2.05) is 0 Å². The maximum absolute atomic E-state index is 15.3. The van der Waals surface area contributed by atoms with Crippen LogP contribution in [0.15, 0.2) is 65.6 Å². The number of rotatable bonds is 8. The van der Waals surface area contributed by atoms with Gasteiger partial charge >= 0.3 is 51.4 Å². The molecule has 0 saturated heterocycles. The van der Waals surface area contributed by atoms with Gasteiger partial charge in [0.05, 0.1) is 11.1 Å². The third kappa shape index (κ3) is 7.93. The van der Waals surface area contributed by atoms with Crippen molar-refractivity contribution in [1.29, 1.82) is 0 Å².